The normalized spacial score (nSPS) is 8.69. The van der Waals surface area contributed by atoms with Crippen LogP contribution in [-0.2, 0) is 0 Å². The minimum atomic E-state index is 1.31. The number of benzene rings is 2. The predicted molar refractivity (Wildman–Crippen MR) is 63.1 cm³/mol. The summed E-state index contributed by atoms with van der Waals surface area (Å²) in [5, 5.41) is 4.06. The van der Waals surface area contributed by atoms with E-state index in [1.807, 2.05) is 0 Å². The first-order valence-electron chi connectivity index (χ1n) is 4.07. The van der Waals surface area contributed by atoms with Crippen LogP contribution in [0.4, 0.5) is 0 Å². The molecule has 0 saturated heterocycles. The fourth-order valence-corrected chi connectivity index (χ4v) is 1.13. The molecule has 0 heterocycles. The fourth-order valence-electron chi connectivity index (χ4n) is 1.13. The van der Waals surface area contributed by atoms with Crippen LogP contribution in [0.15, 0.2) is 60.5 Å². The van der Waals surface area contributed by atoms with Crippen LogP contribution in [0.1, 0.15) is 0 Å². The van der Waals surface area contributed by atoms with Crippen LogP contribution in [0.2, 0.25) is 0 Å². The number of hydrogen-bond acceptors (Lipinski definition) is 1. The summed E-state index contributed by atoms with van der Waals surface area (Å²) in [4.78, 5) is 0. The molecule has 13 heavy (non-hydrogen) atoms. The van der Waals surface area contributed by atoms with Crippen LogP contribution < -0.4 is 0 Å². The molecule has 2 aromatic rings. The van der Waals surface area contributed by atoms with Crippen LogP contribution in [0.3, 0.4) is 0 Å². The molecule has 66 valence electrons. The predicted octanol–water partition coefficient (Wildman–Crippen LogP) is 3.90. The molecule has 0 amide bonds. The molecule has 0 atom stereocenters. The molecule has 0 radical (unpaired) electrons. The first kappa shape index (κ1) is 9.87. The van der Waals surface area contributed by atoms with Gasteiger partial charge in [-0.05, 0) is 16.2 Å². The second-order valence-electron chi connectivity index (χ2n) is 2.53. The summed E-state index contributed by atoms with van der Waals surface area (Å²) >= 11 is 3.55. The largest absolute Gasteiger partial charge is 0.152 e. The highest BCUT2D eigenvalue weighted by molar-refractivity contribution is 7.83. The zero-order valence-corrected chi connectivity index (χ0v) is 8.24. The summed E-state index contributed by atoms with van der Waals surface area (Å²) in [6.07, 6.45) is 0. The molecule has 2 rings (SSSR count). The maximum atomic E-state index is 3.55. The number of hydrogen-bond donors (Lipinski definition) is 1. The summed E-state index contributed by atoms with van der Waals surface area (Å²) in [6, 6.07) is 16.7. The minimum absolute atomic E-state index is 1.31. The topological polar surface area (TPSA) is 0 Å². The lowest BCUT2D eigenvalue weighted by Gasteiger charge is -1.92. The van der Waals surface area contributed by atoms with Gasteiger partial charge in [-0.3, -0.25) is 0 Å². The van der Waals surface area contributed by atoms with Gasteiger partial charge in [-0.2, -0.15) is 12.6 Å². The second kappa shape index (κ2) is 5.44. The van der Waals surface area contributed by atoms with E-state index in [0.29, 0.717) is 0 Å². The first-order valence-corrected chi connectivity index (χ1v) is 4.59. The van der Waals surface area contributed by atoms with Crippen molar-refractivity contribution in [3.8, 4) is 0 Å². The highest BCUT2D eigenvalue weighted by Gasteiger charge is 1.85. The van der Waals surface area contributed by atoms with Crippen molar-refractivity contribution in [1.82, 2.24) is 0 Å². The number of rotatable bonds is 0. The number of fused-ring (bicyclic) bond motifs is 1. The summed E-state index contributed by atoms with van der Waals surface area (Å²) in [6.45, 7) is 3.23. The minimum Gasteiger partial charge on any atom is -0.152 e. The molecular weight excluding hydrogens is 176 g/mol. The Balaban J connectivity index is 0.000000251. The van der Waals surface area contributed by atoms with E-state index in [1.54, 1.807) is 0 Å². The van der Waals surface area contributed by atoms with Crippen molar-refractivity contribution < 1.29 is 0 Å². The van der Waals surface area contributed by atoms with E-state index in [4.69, 9.17) is 0 Å². The lowest BCUT2D eigenvalue weighted by atomic mass is 10.1. The van der Waals surface area contributed by atoms with Crippen LogP contribution in [0.5, 0.6) is 0 Å². The lowest BCUT2D eigenvalue weighted by Crippen LogP contribution is -1.67. The van der Waals surface area contributed by atoms with Gasteiger partial charge in [0, 0.05) is 0 Å². The Morgan fingerprint density at radius 3 is 1.31 bits per heavy atom. The van der Waals surface area contributed by atoms with Gasteiger partial charge in [0.15, 0.2) is 0 Å². The fraction of sp³-hybridized carbons (Fsp3) is 0. The maximum absolute atomic E-state index is 3.55. The van der Waals surface area contributed by atoms with Gasteiger partial charge in [0.1, 0.15) is 0 Å². The van der Waals surface area contributed by atoms with Gasteiger partial charge in [0.2, 0.25) is 0 Å². The highest BCUT2D eigenvalue weighted by atomic mass is 32.1. The number of thiol groups is 1. The van der Waals surface area contributed by atoms with Gasteiger partial charge >= 0.3 is 0 Å². The average molecular weight is 188 g/mol. The van der Waals surface area contributed by atoms with E-state index in [1.165, 1.54) is 16.2 Å². The molecule has 0 spiro atoms. The maximum Gasteiger partial charge on any atom is -0.0184 e. The summed E-state index contributed by atoms with van der Waals surface area (Å²) in [5.41, 5.74) is 0. The van der Waals surface area contributed by atoms with E-state index < -0.39 is 0 Å². The van der Waals surface area contributed by atoms with Gasteiger partial charge in [-0.25, -0.2) is 0 Å². The van der Waals surface area contributed by atoms with Gasteiger partial charge < -0.3 is 0 Å². The highest BCUT2D eigenvalue weighted by Crippen LogP contribution is 2.11. The standard InChI is InChI=1S/C10H8.C2H4S/c1-2-6-10-8-4-3-7-9(10)5-1;1-2-3/h1-8H;2-3H,1H2. The van der Waals surface area contributed by atoms with Crippen molar-refractivity contribution >= 4 is 23.4 Å². The SMILES string of the molecule is C=CS.c1ccc2ccccc2c1. The van der Waals surface area contributed by atoms with Crippen LogP contribution in [0, 0.1) is 0 Å². The molecular formula is C12H12S. The molecule has 0 aliphatic rings. The third-order valence-electron chi connectivity index (χ3n) is 1.66. The van der Waals surface area contributed by atoms with Gasteiger partial charge in [0.25, 0.3) is 0 Å². The van der Waals surface area contributed by atoms with Crippen LogP contribution >= 0.6 is 12.6 Å². The monoisotopic (exact) mass is 188 g/mol. The molecule has 0 bridgehead atoms. The Morgan fingerprint density at radius 1 is 0.846 bits per heavy atom. The molecule has 2 aromatic carbocycles. The molecule has 0 nitrogen and oxygen atoms in total. The molecule has 1 heteroatoms. The Labute approximate surface area is 84.3 Å². The van der Waals surface area contributed by atoms with Crippen molar-refractivity contribution in [3.05, 3.63) is 60.5 Å². The van der Waals surface area contributed by atoms with Crippen molar-refractivity contribution in [2.45, 2.75) is 0 Å². The van der Waals surface area contributed by atoms with E-state index in [9.17, 15) is 0 Å². The van der Waals surface area contributed by atoms with Gasteiger partial charge in [-0.15, -0.1) is 0 Å². The van der Waals surface area contributed by atoms with E-state index >= 15 is 0 Å². The Kier molecular flexibility index (Phi) is 4.13. The molecule has 0 aliphatic heterocycles. The van der Waals surface area contributed by atoms with Crippen molar-refractivity contribution in [2.75, 3.05) is 0 Å². The van der Waals surface area contributed by atoms with Gasteiger partial charge in [0.05, 0.1) is 0 Å². The third-order valence-corrected chi connectivity index (χ3v) is 1.66. The Morgan fingerprint density at radius 2 is 1.08 bits per heavy atom. The Hall–Kier alpha value is -1.21. The van der Waals surface area contributed by atoms with Crippen molar-refractivity contribution in [3.63, 3.8) is 0 Å². The quantitative estimate of drug-likeness (QED) is 0.595. The van der Waals surface area contributed by atoms with E-state index in [-0.39, 0.29) is 0 Å². The summed E-state index contributed by atoms with van der Waals surface area (Å²) in [7, 11) is 0. The second-order valence-corrected chi connectivity index (χ2v) is 2.89. The zero-order chi connectivity index (χ0) is 9.52. The zero-order valence-electron chi connectivity index (χ0n) is 7.35. The smallest absolute Gasteiger partial charge is 0.0184 e. The van der Waals surface area contributed by atoms with Crippen molar-refractivity contribution in [2.24, 2.45) is 0 Å². The van der Waals surface area contributed by atoms with E-state index in [0.717, 1.165) is 0 Å². The Bertz CT molecular complexity index is 314. The molecule has 0 N–H and O–H groups in total. The molecule has 0 unspecified atom stereocenters. The van der Waals surface area contributed by atoms with E-state index in [2.05, 4.69) is 67.7 Å². The summed E-state index contributed by atoms with van der Waals surface area (Å²) < 4.78 is 0. The van der Waals surface area contributed by atoms with Gasteiger partial charge in [-0.1, -0.05) is 55.1 Å². The van der Waals surface area contributed by atoms with Crippen molar-refractivity contribution in [1.29, 1.82) is 0 Å². The average Bonchev–Trinajstić information content (AvgIpc) is 2.19. The molecule has 0 fully saturated rings. The molecule has 0 aliphatic carbocycles. The first-order chi connectivity index (χ1) is 6.38. The van der Waals surface area contributed by atoms with Crippen LogP contribution in [0.25, 0.3) is 10.8 Å². The molecule has 0 aromatic heterocycles. The third kappa shape index (κ3) is 2.96. The molecule has 0 saturated carbocycles. The lowest BCUT2D eigenvalue weighted by molar-refractivity contribution is 1.75. The van der Waals surface area contributed by atoms with Crippen LogP contribution in [-0.4, -0.2) is 0 Å². The summed E-state index contributed by atoms with van der Waals surface area (Å²) in [5.74, 6) is 0.